The van der Waals surface area contributed by atoms with E-state index in [1.807, 2.05) is 0 Å². The molecule has 2 rings (SSSR count). The summed E-state index contributed by atoms with van der Waals surface area (Å²) in [6, 6.07) is 2.97. The van der Waals surface area contributed by atoms with Crippen LogP contribution in [0.3, 0.4) is 0 Å². The van der Waals surface area contributed by atoms with Crippen LogP contribution in [0.5, 0.6) is 0 Å². The fourth-order valence-electron chi connectivity index (χ4n) is 1.75. The lowest BCUT2D eigenvalue weighted by Crippen LogP contribution is -2.04. The number of carbonyl (C=O) groups excluding carboxylic acids is 1. The number of hydrogen-bond acceptors (Lipinski definition) is 4. The van der Waals surface area contributed by atoms with E-state index in [1.54, 1.807) is 0 Å². The molecule has 0 bridgehead atoms. The molecule has 0 unspecified atom stereocenters. The molecule has 0 N–H and O–H groups in total. The molecule has 0 heterocycles. The van der Waals surface area contributed by atoms with E-state index in [2.05, 4.69) is 0 Å². The van der Waals surface area contributed by atoms with Crippen molar-refractivity contribution >= 4 is 23.2 Å². The molecule has 24 heavy (non-hydrogen) atoms. The number of nitrogens with zero attached hydrogens (tertiary/aromatic N) is 1. The predicted octanol–water partition coefficient (Wildman–Crippen LogP) is 4.64. The van der Waals surface area contributed by atoms with Crippen molar-refractivity contribution in [1.29, 1.82) is 0 Å². The number of halogens is 5. The number of hydrogen-bond donors (Lipinski definition) is 0. The normalized spacial score (nSPS) is 10.8. The molecule has 0 amide bonds. The topological polar surface area (TPSA) is 60.2 Å². The van der Waals surface area contributed by atoms with E-state index in [1.165, 1.54) is 0 Å². The van der Waals surface area contributed by atoms with Gasteiger partial charge in [0.15, 0.2) is 29.1 Å². The Morgan fingerprint density at radius 1 is 1.00 bits per heavy atom. The second-order valence-corrected chi connectivity index (χ2v) is 5.55. The molecule has 0 saturated carbocycles. The van der Waals surface area contributed by atoms with Crippen LogP contribution in [0.25, 0.3) is 0 Å². The maximum absolute atomic E-state index is 13.7. The number of Topliss-reactive ketones (excluding diaryl/α,β-unsaturated/α-hetero) is 1. The molecule has 126 valence electrons. The zero-order valence-corrected chi connectivity index (χ0v) is 12.5. The van der Waals surface area contributed by atoms with Gasteiger partial charge in [-0.05, 0) is 19.1 Å². The van der Waals surface area contributed by atoms with Crippen LogP contribution >= 0.6 is 11.8 Å². The quantitative estimate of drug-likeness (QED) is 0.198. The summed E-state index contributed by atoms with van der Waals surface area (Å²) in [4.78, 5) is 19.6. The van der Waals surface area contributed by atoms with Gasteiger partial charge in [-0.1, -0.05) is 11.8 Å². The number of ketones is 1. The van der Waals surface area contributed by atoms with Gasteiger partial charge >= 0.3 is 0 Å². The Morgan fingerprint density at radius 2 is 1.50 bits per heavy atom. The van der Waals surface area contributed by atoms with Gasteiger partial charge in [0.25, 0.3) is 5.69 Å². The minimum atomic E-state index is -2.33. The van der Waals surface area contributed by atoms with Crippen LogP contribution in [0.4, 0.5) is 27.6 Å². The summed E-state index contributed by atoms with van der Waals surface area (Å²) >= 11 is -0.0262. The van der Waals surface area contributed by atoms with Gasteiger partial charge in [-0.3, -0.25) is 14.9 Å². The molecule has 0 spiro atoms. The number of rotatable bonds is 4. The fraction of sp³-hybridized carbons (Fsp3) is 0.0714. The van der Waals surface area contributed by atoms with Crippen LogP contribution in [-0.4, -0.2) is 10.7 Å². The molecule has 0 fully saturated rings. The minimum Gasteiger partial charge on any atom is -0.295 e. The van der Waals surface area contributed by atoms with Crippen molar-refractivity contribution in [2.45, 2.75) is 16.7 Å². The largest absolute Gasteiger partial charge is 0.295 e. The molecular weight excluding hydrogens is 357 g/mol. The van der Waals surface area contributed by atoms with Crippen molar-refractivity contribution in [3.63, 3.8) is 0 Å². The van der Waals surface area contributed by atoms with Gasteiger partial charge < -0.3 is 0 Å². The van der Waals surface area contributed by atoms with Gasteiger partial charge in [0.05, 0.1) is 14.7 Å². The maximum atomic E-state index is 13.7. The van der Waals surface area contributed by atoms with Gasteiger partial charge in [-0.25, -0.2) is 22.0 Å². The van der Waals surface area contributed by atoms with Gasteiger partial charge in [-0.15, -0.1) is 0 Å². The Hall–Kier alpha value is -2.49. The number of nitro groups is 1. The first kappa shape index (κ1) is 17.9. The molecular formula is C14H6F5NO3S. The summed E-state index contributed by atoms with van der Waals surface area (Å²) < 4.78 is 66.8. The third kappa shape index (κ3) is 3.09. The summed E-state index contributed by atoms with van der Waals surface area (Å²) in [5.41, 5.74) is -0.666. The second kappa shape index (κ2) is 6.56. The summed E-state index contributed by atoms with van der Waals surface area (Å²) in [5.74, 6) is -11.4. The van der Waals surface area contributed by atoms with Crippen LogP contribution in [0.2, 0.25) is 0 Å². The molecule has 0 atom stereocenters. The first-order chi connectivity index (χ1) is 11.1. The van der Waals surface area contributed by atoms with Crippen LogP contribution in [0.15, 0.2) is 28.0 Å². The minimum absolute atomic E-state index is 0.0213. The van der Waals surface area contributed by atoms with E-state index in [9.17, 15) is 36.9 Å². The summed E-state index contributed by atoms with van der Waals surface area (Å²) in [5, 5.41) is 11.0. The van der Waals surface area contributed by atoms with Crippen LogP contribution < -0.4 is 0 Å². The molecule has 4 nitrogen and oxygen atoms in total. The summed E-state index contributed by atoms with van der Waals surface area (Å²) in [6.07, 6.45) is 0. The smallest absolute Gasteiger partial charge is 0.283 e. The van der Waals surface area contributed by atoms with E-state index in [0.717, 1.165) is 25.1 Å². The monoisotopic (exact) mass is 363 g/mol. The molecule has 0 aliphatic rings. The lowest BCUT2D eigenvalue weighted by Gasteiger charge is -2.09. The van der Waals surface area contributed by atoms with E-state index in [0.29, 0.717) is 0 Å². The van der Waals surface area contributed by atoms with E-state index < -0.39 is 55.3 Å². The predicted molar refractivity (Wildman–Crippen MR) is 73.5 cm³/mol. The van der Waals surface area contributed by atoms with Crippen molar-refractivity contribution in [3.8, 4) is 0 Å². The second-order valence-electron chi connectivity index (χ2n) is 4.50. The van der Waals surface area contributed by atoms with Crippen molar-refractivity contribution in [2.24, 2.45) is 0 Å². The van der Waals surface area contributed by atoms with Crippen molar-refractivity contribution in [3.05, 3.63) is 63.0 Å². The van der Waals surface area contributed by atoms with Gasteiger partial charge in [0.1, 0.15) is 0 Å². The molecule has 10 heteroatoms. The van der Waals surface area contributed by atoms with Gasteiger partial charge in [-0.2, -0.15) is 0 Å². The van der Waals surface area contributed by atoms with Crippen molar-refractivity contribution in [2.75, 3.05) is 0 Å². The fourth-order valence-corrected chi connectivity index (χ4v) is 2.76. The average Bonchev–Trinajstić information content (AvgIpc) is 2.54. The highest BCUT2D eigenvalue weighted by atomic mass is 32.2. The van der Waals surface area contributed by atoms with Crippen molar-refractivity contribution < 1.29 is 31.7 Å². The van der Waals surface area contributed by atoms with Crippen LogP contribution in [0.1, 0.15) is 17.3 Å². The Morgan fingerprint density at radius 3 is 1.96 bits per heavy atom. The van der Waals surface area contributed by atoms with E-state index >= 15 is 0 Å². The summed E-state index contributed by atoms with van der Waals surface area (Å²) in [6.45, 7) is 1.15. The lowest BCUT2D eigenvalue weighted by molar-refractivity contribution is -0.387. The molecule has 0 aliphatic heterocycles. The SMILES string of the molecule is CC(=O)c1ccc([N+](=O)[O-])c(Sc2c(F)c(F)c(F)c(F)c2F)c1. The molecule has 2 aromatic rings. The zero-order chi connectivity index (χ0) is 18.2. The van der Waals surface area contributed by atoms with Crippen LogP contribution in [0, 0.1) is 39.2 Å². The standard InChI is InChI=1S/C14H6F5NO3S/c1-5(21)6-2-3-7(20(22)23)8(4-6)24-14-12(18)10(16)9(15)11(17)13(14)19/h2-4H,1H3. The highest BCUT2D eigenvalue weighted by Gasteiger charge is 2.28. The summed E-state index contributed by atoms with van der Waals surface area (Å²) in [7, 11) is 0. The average molecular weight is 363 g/mol. The number of carbonyl (C=O) groups is 1. The van der Waals surface area contributed by atoms with Crippen molar-refractivity contribution in [1.82, 2.24) is 0 Å². The third-order valence-corrected chi connectivity index (χ3v) is 4.05. The Balaban J connectivity index is 2.66. The Bertz CT molecular complexity index is 843. The first-order valence-corrected chi connectivity index (χ1v) is 6.95. The lowest BCUT2D eigenvalue weighted by atomic mass is 10.1. The zero-order valence-electron chi connectivity index (χ0n) is 11.7. The van der Waals surface area contributed by atoms with Gasteiger partial charge in [0.2, 0.25) is 5.82 Å². The van der Waals surface area contributed by atoms with Crippen LogP contribution in [-0.2, 0) is 0 Å². The Kier molecular flexibility index (Phi) is 4.88. The van der Waals surface area contributed by atoms with Gasteiger partial charge in [0, 0.05) is 11.6 Å². The molecule has 2 aromatic carbocycles. The maximum Gasteiger partial charge on any atom is 0.283 e. The van der Waals surface area contributed by atoms with E-state index in [-0.39, 0.29) is 17.3 Å². The third-order valence-electron chi connectivity index (χ3n) is 2.94. The first-order valence-electron chi connectivity index (χ1n) is 6.13. The molecule has 0 saturated heterocycles. The number of benzene rings is 2. The molecule has 0 aromatic heterocycles. The Labute approximate surface area is 135 Å². The number of nitro benzene ring substituents is 1. The molecule has 0 aliphatic carbocycles. The highest BCUT2D eigenvalue weighted by Crippen LogP contribution is 2.40. The highest BCUT2D eigenvalue weighted by molar-refractivity contribution is 7.99. The van der Waals surface area contributed by atoms with E-state index in [4.69, 9.17) is 0 Å². The molecule has 0 radical (unpaired) electrons.